The van der Waals surface area contributed by atoms with E-state index in [1.54, 1.807) is 0 Å². The van der Waals surface area contributed by atoms with Gasteiger partial charge >= 0.3 is 0 Å². The van der Waals surface area contributed by atoms with Crippen molar-refractivity contribution in [2.75, 3.05) is 0 Å². The first-order chi connectivity index (χ1) is 7.02. The molecule has 0 saturated heterocycles. The van der Waals surface area contributed by atoms with Crippen molar-refractivity contribution in [1.82, 2.24) is 20.1 Å². The monoisotopic (exact) mass is 210 g/mol. The van der Waals surface area contributed by atoms with E-state index >= 15 is 0 Å². The highest BCUT2D eigenvalue weighted by Gasteiger charge is 2.19. The van der Waals surface area contributed by atoms with Crippen LogP contribution in [-0.4, -0.2) is 20.3 Å². The van der Waals surface area contributed by atoms with Crippen LogP contribution in [0.15, 0.2) is 0 Å². The summed E-state index contributed by atoms with van der Waals surface area (Å²) in [6.07, 6.45) is 2.25. The van der Waals surface area contributed by atoms with Crippen LogP contribution < -0.4 is 5.32 Å². The van der Waals surface area contributed by atoms with E-state index < -0.39 is 0 Å². The molecule has 0 saturated carbocycles. The van der Waals surface area contributed by atoms with Gasteiger partial charge in [0.15, 0.2) is 0 Å². The second-order valence-electron chi connectivity index (χ2n) is 4.34. The molecule has 86 valence electrons. The van der Waals surface area contributed by atoms with Gasteiger partial charge in [0.05, 0.1) is 6.54 Å². The number of nitrogens with zero attached hydrogens (tertiary/aromatic N) is 3. The Morgan fingerprint density at radius 3 is 2.27 bits per heavy atom. The molecule has 1 heterocycles. The molecule has 0 aromatic carbocycles. The molecule has 0 amide bonds. The Labute approximate surface area is 92.1 Å². The minimum Gasteiger partial charge on any atom is -0.317 e. The van der Waals surface area contributed by atoms with Gasteiger partial charge in [0.25, 0.3) is 0 Å². The Morgan fingerprint density at radius 2 is 1.87 bits per heavy atom. The first-order valence-electron chi connectivity index (χ1n) is 5.62. The molecule has 1 N–H and O–H groups in total. The van der Waals surface area contributed by atoms with E-state index in [2.05, 4.69) is 36.3 Å². The predicted octanol–water partition coefficient (Wildman–Crippen LogP) is 1.79. The highest BCUT2D eigenvalue weighted by molar-refractivity contribution is 4.93. The lowest BCUT2D eigenvalue weighted by Gasteiger charge is -2.28. The summed E-state index contributed by atoms with van der Waals surface area (Å²) in [6.45, 7) is 9.41. The molecule has 15 heavy (non-hydrogen) atoms. The predicted molar refractivity (Wildman–Crippen MR) is 61.6 cm³/mol. The van der Waals surface area contributed by atoms with E-state index in [1.165, 1.54) is 0 Å². The van der Waals surface area contributed by atoms with Crippen LogP contribution in [0.1, 0.15) is 45.3 Å². The van der Waals surface area contributed by atoms with Gasteiger partial charge in [-0.1, -0.05) is 13.8 Å². The fourth-order valence-corrected chi connectivity index (χ4v) is 1.40. The summed E-state index contributed by atoms with van der Waals surface area (Å²) in [5.74, 6) is 1.96. The second kappa shape index (κ2) is 4.75. The molecule has 0 aliphatic heterocycles. The Morgan fingerprint density at radius 1 is 1.27 bits per heavy atom. The van der Waals surface area contributed by atoms with Crippen molar-refractivity contribution in [3.8, 4) is 0 Å². The molecule has 0 aliphatic rings. The van der Waals surface area contributed by atoms with E-state index in [0.717, 1.165) is 31.0 Å². The second-order valence-corrected chi connectivity index (χ2v) is 4.34. The molecule has 0 aliphatic carbocycles. The number of hydrogen-bond donors (Lipinski definition) is 1. The number of hydrogen-bond acceptors (Lipinski definition) is 3. The van der Waals surface area contributed by atoms with E-state index in [9.17, 15) is 0 Å². The van der Waals surface area contributed by atoms with E-state index in [0.29, 0.717) is 0 Å². The molecule has 0 fully saturated rings. The van der Waals surface area contributed by atoms with Gasteiger partial charge < -0.3 is 9.88 Å². The number of aryl methyl sites for hydroxylation is 1. The molecule has 0 unspecified atom stereocenters. The fraction of sp³-hybridized carbons (Fsp3) is 0.818. The molecule has 1 aromatic rings. The smallest absolute Gasteiger partial charge is 0.146 e. The summed E-state index contributed by atoms with van der Waals surface area (Å²) >= 11 is 0. The molecule has 4 nitrogen and oxygen atoms in total. The van der Waals surface area contributed by atoms with Gasteiger partial charge in [0.1, 0.15) is 11.6 Å². The zero-order valence-corrected chi connectivity index (χ0v) is 10.5. The van der Waals surface area contributed by atoms with E-state index in [1.807, 2.05) is 18.5 Å². The molecule has 1 rings (SSSR count). The lowest BCUT2D eigenvalue weighted by Crippen LogP contribution is -2.41. The van der Waals surface area contributed by atoms with Crippen LogP contribution in [0.4, 0.5) is 0 Å². The van der Waals surface area contributed by atoms with Gasteiger partial charge in [-0.25, -0.2) is 0 Å². The summed E-state index contributed by atoms with van der Waals surface area (Å²) in [7, 11) is 2.00. The molecular weight excluding hydrogens is 188 g/mol. The van der Waals surface area contributed by atoms with Crippen molar-refractivity contribution in [3.63, 3.8) is 0 Å². The minimum absolute atomic E-state index is 0.208. The van der Waals surface area contributed by atoms with Gasteiger partial charge in [-0.3, -0.25) is 0 Å². The van der Waals surface area contributed by atoms with E-state index in [4.69, 9.17) is 0 Å². The summed E-state index contributed by atoms with van der Waals surface area (Å²) in [5, 5.41) is 11.7. The van der Waals surface area contributed by atoms with Crippen molar-refractivity contribution in [3.05, 3.63) is 11.6 Å². The Balaban J connectivity index is 2.60. The maximum atomic E-state index is 4.14. The van der Waals surface area contributed by atoms with Gasteiger partial charge in [-0.2, -0.15) is 0 Å². The maximum absolute atomic E-state index is 4.14. The highest BCUT2D eigenvalue weighted by Crippen LogP contribution is 2.14. The average Bonchev–Trinajstić information content (AvgIpc) is 2.57. The number of aromatic nitrogens is 3. The van der Waals surface area contributed by atoms with Crippen LogP contribution in [0.25, 0.3) is 0 Å². The Bertz CT molecular complexity index is 312. The minimum atomic E-state index is 0.208. The third-order valence-electron chi connectivity index (χ3n) is 3.42. The Hall–Kier alpha value is -0.900. The lowest BCUT2D eigenvalue weighted by atomic mass is 9.96. The Kier molecular flexibility index (Phi) is 3.85. The van der Waals surface area contributed by atoms with Crippen LogP contribution in [0.5, 0.6) is 0 Å². The molecule has 4 heteroatoms. The first-order valence-corrected chi connectivity index (χ1v) is 5.62. The van der Waals surface area contributed by atoms with Crippen LogP contribution >= 0.6 is 0 Å². The molecule has 0 spiro atoms. The summed E-state index contributed by atoms with van der Waals surface area (Å²) < 4.78 is 2.03. The number of nitrogens with one attached hydrogen (secondary N) is 1. The SMILES string of the molecule is CCC(C)(CC)NCc1nnc(C)n1C. The van der Waals surface area contributed by atoms with Crippen molar-refractivity contribution in [2.45, 2.75) is 52.6 Å². The van der Waals surface area contributed by atoms with Gasteiger partial charge in [-0.15, -0.1) is 10.2 Å². The molecule has 1 aromatic heterocycles. The third kappa shape index (κ3) is 2.78. The maximum Gasteiger partial charge on any atom is 0.146 e. The topological polar surface area (TPSA) is 42.7 Å². The van der Waals surface area contributed by atoms with Crippen molar-refractivity contribution in [2.24, 2.45) is 7.05 Å². The number of rotatable bonds is 5. The summed E-state index contributed by atoms with van der Waals surface area (Å²) in [4.78, 5) is 0. The van der Waals surface area contributed by atoms with Gasteiger partial charge in [-0.05, 0) is 26.7 Å². The third-order valence-corrected chi connectivity index (χ3v) is 3.42. The average molecular weight is 210 g/mol. The molecule has 0 radical (unpaired) electrons. The van der Waals surface area contributed by atoms with Crippen LogP contribution in [0.3, 0.4) is 0 Å². The van der Waals surface area contributed by atoms with Gasteiger partial charge in [0, 0.05) is 12.6 Å². The van der Waals surface area contributed by atoms with Crippen LogP contribution in [-0.2, 0) is 13.6 Å². The van der Waals surface area contributed by atoms with Crippen LogP contribution in [0.2, 0.25) is 0 Å². The molecule has 0 bridgehead atoms. The fourth-order valence-electron chi connectivity index (χ4n) is 1.40. The molecular formula is C11H22N4. The van der Waals surface area contributed by atoms with Crippen molar-refractivity contribution < 1.29 is 0 Å². The van der Waals surface area contributed by atoms with Crippen LogP contribution in [0, 0.1) is 6.92 Å². The summed E-state index contributed by atoms with van der Waals surface area (Å²) in [6, 6.07) is 0. The molecule has 0 atom stereocenters. The zero-order chi connectivity index (χ0) is 11.5. The van der Waals surface area contributed by atoms with Crippen molar-refractivity contribution >= 4 is 0 Å². The standard InChI is InChI=1S/C11H22N4/c1-6-11(4,7-2)12-8-10-14-13-9(3)15(10)5/h12H,6-8H2,1-5H3. The first kappa shape index (κ1) is 12.2. The van der Waals surface area contributed by atoms with E-state index in [-0.39, 0.29) is 5.54 Å². The normalized spacial score (nSPS) is 12.1. The lowest BCUT2D eigenvalue weighted by molar-refractivity contribution is 0.324. The summed E-state index contributed by atoms with van der Waals surface area (Å²) in [5.41, 5.74) is 0.208. The van der Waals surface area contributed by atoms with Crippen molar-refractivity contribution in [1.29, 1.82) is 0 Å². The largest absolute Gasteiger partial charge is 0.317 e. The van der Waals surface area contributed by atoms with Gasteiger partial charge in [0.2, 0.25) is 0 Å². The quantitative estimate of drug-likeness (QED) is 0.805. The zero-order valence-electron chi connectivity index (χ0n) is 10.5. The highest BCUT2D eigenvalue weighted by atomic mass is 15.3.